The van der Waals surface area contributed by atoms with Crippen molar-refractivity contribution < 1.29 is 4.79 Å². The number of nitrogens with one attached hydrogen (secondary N) is 1. The predicted octanol–water partition coefficient (Wildman–Crippen LogP) is 3.73. The van der Waals surface area contributed by atoms with E-state index in [1.54, 1.807) is 12.2 Å². The second kappa shape index (κ2) is 9.52. The fourth-order valence-electron chi connectivity index (χ4n) is 1.73. The van der Waals surface area contributed by atoms with Crippen molar-refractivity contribution in [1.82, 2.24) is 4.98 Å². The highest BCUT2D eigenvalue weighted by Crippen LogP contribution is 2.17. The maximum absolute atomic E-state index is 10.9. The lowest BCUT2D eigenvalue weighted by molar-refractivity contribution is -0.114. The zero-order valence-electron chi connectivity index (χ0n) is 12.7. The molecule has 1 amide bonds. The van der Waals surface area contributed by atoms with Crippen LogP contribution >= 0.6 is 11.3 Å². The van der Waals surface area contributed by atoms with Crippen molar-refractivity contribution in [1.29, 1.82) is 0 Å². The topological polar surface area (TPSA) is 68.0 Å². The fraction of sp³-hybridized carbons (Fsp3) is 0.176. The van der Waals surface area contributed by atoms with Gasteiger partial charge in [-0.3, -0.25) is 4.79 Å². The molecule has 0 unspecified atom stereocenters. The average molecular weight is 315 g/mol. The van der Waals surface area contributed by atoms with E-state index in [-0.39, 0.29) is 5.91 Å². The number of nitrogens with zero attached hydrogens (tertiary/aromatic N) is 1. The Morgan fingerprint density at radius 2 is 2.23 bits per heavy atom. The summed E-state index contributed by atoms with van der Waals surface area (Å²) in [5.41, 5.74) is 8.35. The van der Waals surface area contributed by atoms with Crippen molar-refractivity contribution in [3.8, 4) is 0 Å². The summed E-state index contributed by atoms with van der Waals surface area (Å²) < 4.78 is 0. The average Bonchev–Trinajstić information content (AvgIpc) is 2.91. The standard InChI is InChI=1S/C17H21N3OS/c1-4-8-15(14(5-2)11-18)9-6-7-10-16-12-22-17(20-16)19-13(3)21/h4-6,8-9,11-12H,1-2,7,10,18H2,3H3,(H,19,20,21)/b9-6-,14-11+,15-8+. The largest absolute Gasteiger partial charge is 0.404 e. The van der Waals surface area contributed by atoms with Gasteiger partial charge in [0, 0.05) is 18.5 Å². The van der Waals surface area contributed by atoms with Gasteiger partial charge in [-0.15, -0.1) is 11.3 Å². The summed E-state index contributed by atoms with van der Waals surface area (Å²) in [6, 6.07) is 0. The van der Waals surface area contributed by atoms with Gasteiger partial charge in [-0.1, -0.05) is 43.5 Å². The molecule has 1 aromatic heterocycles. The lowest BCUT2D eigenvalue weighted by Crippen LogP contribution is -2.05. The first-order valence-corrected chi connectivity index (χ1v) is 7.74. The number of hydrogen-bond donors (Lipinski definition) is 2. The number of anilines is 1. The van der Waals surface area contributed by atoms with Crippen LogP contribution in [0.5, 0.6) is 0 Å². The highest BCUT2D eigenvalue weighted by molar-refractivity contribution is 7.13. The molecule has 3 N–H and O–H groups in total. The number of allylic oxidation sites excluding steroid dienone is 7. The molecule has 0 aliphatic heterocycles. The van der Waals surface area contributed by atoms with Gasteiger partial charge in [0.1, 0.15) is 0 Å². The minimum absolute atomic E-state index is 0.106. The summed E-state index contributed by atoms with van der Waals surface area (Å²) >= 11 is 1.43. The van der Waals surface area contributed by atoms with E-state index < -0.39 is 0 Å². The second-order valence-electron chi connectivity index (χ2n) is 4.45. The van der Waals surface area contributed by atoms with Crippen molar-refractivity contribution in [2.24, 2.45) is 5.73 Å². The lowest BCUT2D eigenvalue weighted by atomic mass is 10.1. The lowest BCUT2D eigenvalue weighted by Gasteiger charge is -2.01. The Labute approximate surface area is 135 Å². The van der Waals surface area contributed by atoms with E-state index >= 15 is 0 Å². The summed E-state index contributed by atoms with van der Waals surface area (Å²) in [7, 11) is 0. The zero-order valence-corrected chi connectivity index (χ0v) is 13.5. The zero-order chi connectivity index (χ0) is 16.4. The van der Waals surface area contributed by atoms with Gasteiger partial charge < -0.3 is 11.1 Å². The molecule has 1 heterocycles. The van der Waals surface area contributed by atoms with Crippen LogP contribution in [0, 0.1) is 0 Å². The van der Waals surface area contributed by atoms with Crippen molar-refractivity contribution in [2.75, 3.05) is 5.32 Å². The fourth-order valence-corrected chi connectivity index (χ4v) is 2.52. The molecule has 0 saturated carbocycles. The van der Waals surface area contributed by atoms with Crippen molar-refractivity contribution >= 4 is 22.4 Å². The first kappa shape index (κ1) is 17.7. The van der Waals surface area contributed by atoms with E-state index in [2.05, 4.69) is 29.5 Å². The highest BCUT2D eigenvalue weighted by Gasteiger charge is 2.02. The summed E-state index contributed by atoms with van der Waals surface area (Å²) in [5, 5.41) is 5.27. The molecule has 0 fully saturated rings. The number of thiazole rings is 1. The van der Waals surface area contributed by atoms with E-state index in [9.17, 15) is 4.79 Å². The normalized spacial score (nSPS) is 12.4. The van der Waals surface area contributed by atoms with Gasteiger partial charge >= 0.3 is 0 Å². The molecule has 0 aliphatic rings. The molecular weight excluding hydrogens is 294 g/mol. The molecule has 0 radical (unpaired) electrons. The third-order valence-electron chi connectivity index (χ3n) is 2.73. The van der Waals surface area contributed by atoms with Crippen LogP contribution in [0.2, 0.25) is 0 Å². The number of rotatable bonds is 8. The third-order valence-corrected chi connectivity index (χ3v) is 3.54. The van der Waals surface area contributed by atoms with Crippen molar-refractivity contribution in [3.05, 3.63) is 72.0 Å². The first-order valence-electron chi connectivity index (χ1n) is 6.86. The van der Waals surface area contributed by atoms with E-state index in [0.717, 1.165) is 29.7 Å². The number of nitrogens with two attached hydrogens (primary N) is 1. The Morgan fingerprint density at radius 1 is 1.45 bits per heavy atom. The van der Waals surface area contributed by atoms with Gasteiger partial charge in [0.05, 0.1) is 5.69 Å². The Morgan fingerprint density at radius 3 is 2.82 bits per heavy atom. The highest BCUT2D eigenvalue weighted by atomic mass is 32.1. The van der Waals surface area contributed by atoms with Crippen LogP contribution in [-0.2, 0) is 11.2 Å². The maximum atomic E-state index is 10.9. The smallest absolute Gasteiger partial charge is 0.223 e. The summed E-state index contributed by atoms with van der Waals surface area (Å²) in [5.74, 6) is -0.106. The molecule has 4 nitrogen and oxygen atoms in total. The SMILES string of the molecule is C=C/C=C(\C=C/CCc1csc(NC(C)=O)n1)C(/C=C)=C/N. The van der Waals surface area contributed by atoms with Crippen LogP contribution in [0.25, 0.3) is 0 Å². The molecule has 22 heavy (non-hydrogen) atoms. The Balaban J connectivity index is 2.59. The van der Waals surface area contributed by atoms with Gasteiger partial charge in [0.2, 0.25) is 5.91 Å². The minimum Gasteiger partial charge on any atom is -0.404 e. The van der Waals surface area contributed by atoms with E-state index in [1.807, 2.05) is 17.5 Å². The number of aromatic nitrogens is 1. The molecule has 0 bridgehead atoms. The van der Waals surface area contributed by atoms with Crippen LogP contribution in [0.1, 0.15) is 19.0 Å². The van der Waals surface area contributed by atoms with Gasteiger partial charge in [-0.05, 0) is 24.0 Å². The molecule has 0 spiro atoms. The second-order valence-corrected chi connectivity index (χ2v) is 5.31. The van der Waals surface area contributed by atoms with Crippen LogP contribution in [-0.4, -0.2) is 10.9 Å². The van der Waals surface area contributed by atoms with E-state index in [4.69, 9.17) is 5.73 Å². The molecule has 116 valence electrons. The maximum Gasteiger partial charge on any atom is 0.223 e. The number of carbonyl (C=O) groups excluding carboxylic acids is 1. The minimum atomic E-state index is -0.106. The van der Waals surface area contributed by atoms with Crippen LogP contribution in [0.15, 0.2) is 66.3 Å². The van der Waals surface area contributed by atoms with E-state index in [0.29, 0.717) is 5.13 Å². The van der Waals surface area contributed by atoms with Crippen LogP contribution in [0.4, 0.5) is 5.13 Å². The quantitative estimate of drug-likeness (QED) is 0.718. The Hall–Kier alpha value is -2.40. The van der Waals surface area contributed by atoms with Crippen molar-refractivity contribution in [3.63, 3.8) is 0 Å². The van der Waals surface area contributed by atoms with Gasteiger partial charge in [-0.25, -0.2) is 4.98 Å². The van der Waals surface area contributed by atoms with Gasteiger partial charge in [0.25, 0.3) is 0 Å². The molecule has 0 aliphatic carbocycles. The first-order chi connectivity index (χ1) is 10.6. The number of amides is 1. The van der Waals surface area contributed by atoms with Crippen molar-refractivity contribution in [2.45, 2.75) is 19.8 Å². The molecule has 0 saturated heterocycles. The Bertz CT molecular complexity index is 624. The van der Waals surface area contributed by atoms with Gasteiger partial charge in [-0.2, -0.15) is 0 Å². The molecule has 0 aromatic carbocycles. The van der Waals surface area contributed by atoms with Crippen LogP contribution in [0.3, 0.4) is 0 Å². The summed E-state index contributed by atoms with van der Waals surface area (Å²) in [4.78, 5) is 15.3. The summed E-state index contributed by atoms with van der Waals surface area (Å²) in [6.07, 6.45) is 12.5. The van der Waals surface area contributed by atoms with E-state index in [1.165, 1.54) is 24.5 Å². The molecule has 1 aromatic rings. The van der Waals surface area contributed by atoms with Crippen LogP contribution < -0.4 is 11.1 Å². The number of hydrogen-bond acceptors (Lipinski definition) is 4. The number of aryl methyl sites for hydroxylation is 1. The predicted molar refractivity (Wildman–Crippen MR) is 94.6 cm³/mol. The monoisotopic (exact) mass is 315 g/mol. The van der Waals surface area contributed by atoms with Gasteiger partial charge in [0.15, 0.2) is 5.13 Å². The molecule has 5 heteroatoms. The molecule has 0 atom stereocenters. The summed E-state index contributed by atoms with van der Waals surface area (Å²) in [6.45, 7) is 8.91. The Kier molecular flexibility index (Phi) is 7.64. The third kappa shape index (κ3) is 5.93. The number of carbonyl (C=O) groups is 1. The molecule has 1 rings (SSSR count). The molecular formula is C17H21N3OS.